The van der Waals surface area contributed by atoms with Crippen molar-refractivity contribution in [1.82, 2.24) is 20.9 Å². The van der Waals surface area contributed by atoms with Crippen molar-refractivity contribution in [2.24, 2.45) is 22.6 Å². The second kappa shape index (κ2) is 14.8. The van der Waals surface area contributed by atoms with Crippen LogP contribution in [-0.2, 0) is 9.59 Å². The van der Waals surface area contributed by atoms with Crippen LogP contribution in [0.4, 0.5) is 5.69 Å². The van der Waals surface area contributed by atoms with Crippen molar-refractivity contribution in [2.45, 2.75) is 43.9 Å². The van der Waals surface area contributed by atoms with Gasteiger partial charge in [-0.05, 0) is 49.3 Å². The molecule has 2 saturated carbocycles. The number of amides is 2. The highest BCUT2D eigenvalue weighted by Gasteiger charge is 2.30. The van der Waals surface area contributed by atoms with Crippen molar-refractivity contribution in [3.63, 3.8) is 0 Å². The molecule has 2 amide bonds. The lowest BCUT2D eigenvalue weighted by Gasteiger charge is -2.25. The van der Waals surface area contributed by atoms with Gasteiger partial charge in [-0.2, -0.15) is 4.99 Å². The lowest BCUT2D eigenvalue weighted by molar-refractivity contribution is -0.126. The van der Waals surface area contributed by atoms with Crippen LogP contribution in [0.3, 0.4) is 0 Å². The monoisotopic (exact) mass is 644 g/mol. The first-order valence-corrected chi connectivity index (χ1v) is 16.6. The topological polar surface area (TPSA) is 157 Å². The lowest BCUT2D eigenvalue weighted by Crippen LogP contribution is -2.40. The number of nitrogens with one attached hydrogen (secondary N) is 5. The van der Waals surface area contributed by atoms with Crippen molar-refractivity contribution >= 4 is 46.4 Å². The number of carbonyl (C=O) groups is 2. The minimum Gasteiger partial charge on any atom is -0.494 e. The second-order valence-electron chi connectivity index (χ2n) is 12.0. The number of thioether (sulfide) groups is 1. The first kappa shape index (κ1) is 32.9. The number of benzene rings is 1. The SMILES string of the molecule is C=C(NC)C(=N)/C(=C\C(N)=NC(=O)C1CC1)Nc1cccc(C2=CC=C(C(=O)N(C)CC3NC=C(CCC4CC4)S3)NC2)c1OC. The summed E-state index contributed by atoms with van der Waals surface area (Å²) in [6.07, 6.45) is 14.1. The fourth-order valence-electron chi connectivity index (χ4n) is 5.21. The van der Waals surface area contributed by atoms with Crippen LogP contribution >= 0.6 is 11.8 Å². The Labute approximate surface area is 275 Å². The summed E-state index contributed by atoms with van der Waals surface area (Å²) in [5, 5.41) is 21.6. The Morgan fingerprint density at radius 3 is 2.70 bits per heavy atom. The molecule has 0 bridgehead atoms. The first-order chi connectivity index (χ1) is 22.2. The van der Waals surface area contributed by atoms with Crippen LogP contribution in [-0.4, -0.2) is 67.9 Å². The molecule has 0 spiro atoms. The molecule has 0 aromatic heterocycles. The van der Waals surface area contributed by atoms with Gasteiger partial charge in [0.1, 0.15) is 23.0 Å². The maximum atomic E-state index is 13.3. The number of nitrogens with zero attached hydrogens (tertiary/aromatic N) is 2. The van der Waals surface area contributed by atoms with E-state index in [4.69, 9.17) is 15.9 Å². The number of rotatable bonds is 15. The molecule has 1 unspecified atom stereocenters. The van der Waals surface area contributed by atoms with E-state index in [-0.39, 0.29) is 34.7 Å². The summed E-state index contributed by atoms with van der Waals surface area (Å²) in [7, 11) is 5.08. The third-order valence-corrected chi connectivity index (χ3v) is 9.52. The average molecular weight is 645 g/mol. The normalized spacial score (nSPS) is 19.5. The molecule has 244 valence electrons. The Kier molecular flexibility index (Phi) is 10.6. The quantitative estimate of drug-likeness (QED) is 0.122. The number of anilines is 1. The molecule has 4 aliphatic rings. The predicted molar refractivity (Wildman–Crippen MR) is 186 cm³/mol. The van der Waals surface area contributed by atoms with Crippen molar-refractivity contribution in [1.29, 1.82) is 5.41 Å². The number of ether oxygens (including phenoxy) is 1. The molecule has 1 aromatic rings. The number of methoxy groups -OCH3 is 1. The van der Waals surface area contributed by atoms with Gasteiger partial charge in [0.2, 0.25) is 0 Å². The van der Waals surface area contributed by atoms with Crippen LogP contribution in [0, 0.1) is 17.2 Å². The van der Waals surface area contributed by atoms with E-state index < -0.39 is 0 Å². The number of para-hydroxylation sites is 1. The molecule has 2 heterocycles. The number of carbonyl (C=O) groups excluding carboxylic acids is 2. The molecule has 46 heavy (non-hydrogen) atoms. The van der Waals surface area contributed by atoms with Crippen molar-refractivity contribution in [3.05, 3.63) is 76.8 Å². The Balaban J connectivity index is 1.28. The van der Waals surface area contributed by atoms with Crippen LogP contribution in [0.15, 0.2) is 76.2 Å². The standard InChI is InChI=1S/C34H44N8O3S/c1-20(37-2)31(36)28(16-29(35)41-33(43)22-11-12-22)40-26-7-5-6-25(32(26)45-4)23-13-15-27(38-17-23)34(44)42(3)19-30-39-18-24(46-30)14-10-21-8-9-21/h5-7,13,15-16,18,21-22,30,36-40H,1,8-12,14,17,19H2,2-4H3,(H2,35,41,43)/b28-16+,36-31?. The van der Waals surface area contributed by atoms with Gasteiger partial charge in [0, 0.05) is 49.3 Å². The number of allylic oxidation sites excluding steroid dienone is 3. The van der Waals surface area contributed by atoms with Crippen molar-refractivity contribution in [2.75, 3.05) is 39.6 Å². The van der Waals surface area contributed by atoms with Gasteiger partial charge in [0.05, 0.1) is 36.1 Å². The minimum atomic E-state index is -0.250. The highest BCUT2D eigenvalue weighted by molar-refractivity contribution is 8.03. The molecule has 2 fully saturated rings. The number of hydrogen-bond acceptors (Lipinski definition) is 9. The Hall–Kier alpha value is -4.45. The smallest absolute Gasteiger partial charge is 0.269 e. The summed E-state index contributed by atoms with van der Waals surface area (Å²) >= 11 is 1.82. The molecule has 12 heteroatoms. The molecule has 0 radical (unpaired) electrons. The van der Waals surface area contributed by atoms with E-state index >= 15 is 0 Å². The maximum absolute atomic E-state index is 13.3. The average Bonchev–Trinajstić information content (AvgIpc) is 4.01. The van der Waals surface area contributed by atoms with Gasteiger partial charge in [-0.3, -0.25) is 15.0 Å². The number of amidine groups is 1. The molecule has 0 saturated heterocycles. The van der Waals surface area contributed by atoms with Gasteiger partial charge in [0.15, 0.2) is 0 Å². The zero-order valence-corrected chi connectivity index (χ0v) is 27.6. The fourth-order valence-corrected chi connectivity index (χ4v) is 6.38. The zero-order chi connectivity index (χ0) is 32.8. The molecule has 2 aliphatic carbocycles. The van der Waals surface area contributed by atoms with E-state index in [1.54, 1.807) is 25.1 Å². The van der Waals surface area contributed by atoms with E-state index in [2.05, 4.69) is 39.0 Å². The van der Waals surface area contributed by atoms with Crippen LogP contribution in [0.25, 0.3) is 5.57 Å². The van der Waals surface area contributed by atoms with Crippen LogP contribution < -0.4 is 31.7 Å². The summed E-state index contributed by atoms with van der Waals surface area (Å²) in [4.78, 5) is 32.6. The zero-order valence-electron chi connectivity index (χ0n) is 26.7. The maximum Gasteiger partial charge on any atom is 0.269 e. The Morgan fingerprint density at radius 1 is 1.26 bits per heavy atom. The predicted octanol–water partition coefficient (Wildman–Crippen LogP) is 4.06. The van der Waals surface area contributed by atoms with E-state index in [1.807, 2.05) is 43.1 Å². The number of hydrogen-bond donors (Lipinski definition) is 6. The number of nitrogens with two attached hydrogens (primary N) is 1. The van der Waals surface area contributed by atoms with Gasteiger partial charge in [-0.25, -0.2) is 0 Å². The molecule has 1 aromatic carbocycles. The van der Waals surface area contributed by atoms with Crippen molar-refractivity contribution in [3.8, 4) is 5.75 Å². The minimum absolute atomic E-state index is 0.00208. The molecular weight excluding hydrogens is 600 g/mol. The summed E-state index contributed by atoms with van der Waals surface area (Å²) in [5.74, 6) is 1.08. The number of aliphatic imine (C=N–C) groups is 1. The summed E-state index contributed by atoms with van der Waals surface area (Å²) in [6, 6.07) is 5.64. The van der Waals surface area contributed by atoms with E-state index in [0.717, 1.165) is 36.3 Å². The van der Waals surface area contributed by atoms with Crippen LogP contribution in [0.2, 0.25) is 0 Å². The highest BCUT2D eigenvalue weighted by Crippen LogP contribution is 2.39. The number of likely N-dealkylation sites (N-methyl/N-ethyl adjacent to an activating group) is 1. The molecule has 1 atom stereocenters. The molecule has 5 rings (SSSR count). The first-order valence-electron chi connectivity index (χ1n) is 15.7. The van der Waals surface area contributed by atoms with Gasteiger partial charge in [-0.1, -0.05) is 37.6 Å². The molecule has 11 nitrogen and oxygen atoms in total. The molecular formula is C34H44N8O3S. The Morgan fingerprint density at radius 2 is 2.04 bits per heavy atom. The number of dihydropyridines is 1. The van der Waals surface area contributed by atoms with Crippen LogP contribution in [0.5, 0.6) is 5.75 Å². The van der Waals surface area contributed by atoms with E-state index in [0.29, 0.717) is 41.6 Å². The molecule has 2 aliphatic heterocycles. The van der Waals surface area contributed by atoms with Gasteiger partial charge >= 0.3 is 0 Å². The third kappa shape index (κ3) is 8.42. The lowest BCUT2D eigenvalue weighted by atomic mass is 10.0. The van der Waals surface area contributed by atoms with Gasteiger partial charge in [-0.15, -0.1) is 11.8 Å². The third-order valence-electron chi connectivity index (χ3n) is 8.32. The Bertz CT molecular complexity index is 1550. The fraction of sp³-hybridized carbons (Fsp3) is 0.412. The second-order valence-corrected chi connectivity index (χ2v) is 13.3. The van der Waals surface area contributed by atoms with Crippen LogP contribution in [0.1, 0.15) is 44.1 Å². The summed E-state index contributed by atoms with van der Waals surface area (Å²) in [5.41, 5.74) is 9.66. The summed E-state index contributed by atoms with van der Waals surface area (Å²) < 4.78 is 5.84. The van der Waals surface area contributed by atoms with Crippen molar-refractivity contribution < 1.29 is 14.3 Å². The molecule has 7 N–H and O–H groups in total. The van der Waals surface area contributed by atoms with E-state index in [1.165, 1.54) is 30.2 Å². The van der Waals surface area contributed by atoms with Gasteiger partial charge in [0.25, 0.3) is 11.8 Å². The largest absolute Gasteiger partial charge is 0.494 e. The highest BCUT2D eigenvalue weighted by atomic mass is 32.2. The van der Waals surface area contributed by atoms with E-state index in [9.17, 15) is 9.59 Å². The van der Waals surface area contributed by atoms with Gasteiger partial charge < -0.3 is 36.6 Å². The summed E-state index contributed by atoms with van der Waals surface area (Å²) in [6.45, 7) is 4.92.